The maximum Gasteiger partial charge on any atom is 0.0808 e. The number of halogens is 6. The lowest BCUT2D eigenvalue weighted by Gasteiger charge is -2.04. The topological polar surface area (TPSA) is 0 Å². The zero-order valence-electron chi connectivity index (χ0n) is 8.83. The van der Waals surface area contributed by atoms with Crippen LogP contribution in [-0.2, 0) is 0 Å². The standard InChI is InChI=1S/C12H2Cl6S/c13-4-1-3-6(2-5(4)14)19-12-7(3)8(15)9(16)10(17)11(12)18/h1-2H. The Balaban J connectivity index is 2.63. The van der Waals surface area contributed by atoms with Gasteiger partial charge in [-0.05, 0) is 12.1 Å². The van der Waals surface area contributed by atoms with Crippen LogP contribution in [0.25, 0.3) is 20.2 Å². The van der Waals surface area contributed by atoms with E-state index in [2.05, 4.69) is 0 Å². The van der Waals surface area contributed by atoms with E-state index in [0.717, 1.165) is 20.2 Å². The van der Waals surface area contributed by atoms with Gasteiger partial charge in [-0.25, -0.2) is 0 Å². The molecule has 3 aromatic rings. The molecule has 98 valence electrons. The Kier molecular flexibility index (Phi) is 3.77. The van der Waals surface area contributed by atoms with E-state index in [0.29, 0.717) is 20.1 Å². The van der Waals surface area contributed by atoms with Gasteiger partial charge >= 0.3 is 0 Å². The van der Waals surface area contributed by atoms with Crippen LogP contribution in [0.4, 0.5) is 0 Å². The fourth-order valence-corrected chi connectivity index (χ4v) is 4.61. The van der Waals surface area contributed by atoms with Crippen molar-refractivity contribution in [3.05, 3.63) is 42.3 Å². The Morgan fingerprint density at radius 1 is 0.684 bits per heavy atom. The predicted molar refractivity (Wildman–Crippen MR) is 89.4 cm³/mol. The highest BCUT2D eigenvalue weighted by Crippen LogP contribution is 2.50. The summed E-state index contributed by atoms with van der Waals surface area (Å²) in [4.78, 5) is 0. The molecule has 0 saturated heterocycles. The maximum atomic E-state index is 6.27. The van der Waals surface area contributed by atoms with E-state index in [1.54, 1.807) is 12.1 Å². The van der Waals surface area contributed by atoms with Crippen molar-refractivity contribution in [3.8, 4) is 0 Å². The number of benzene rings is 2. The molecule has 0 unspecified atom stereocenters. The molecule has 0 saturated carbocycles. The number of fused-ring (bicyclic) bond motifs is 3. The first-order valence-electron chi connectivity index (χ1n) is 4.95. The molecule has 3 rings (SSSR count). The van der Waals surface area contributed by atoms with E-state index in [1.807, 2.05) is 0 Å². The molecule has 0 aliphatic rings. The lowest BCUT2D eigenvalue weighted by Crippen LogP contribution is -1.77. The Morgan fingerprint density at radius 2 is 1.26 bits per heavy atom. The van der Waals surface area contributed by atoms with E-state index in [4.69, 9.17) is 69.6 Å². The van der Waals surface area contributed by atoms with Crippen molar-refractivity contribution < 1.29 is 0 Å². The third-order valence-electron chi connectivity index (χ3n) is 2.73. The summed E-state index contributed by atoms with van der Waals surface area (Å²) in [6, 6.07) is 3.53. The number of rotatable bonds is 0. The Labute approximate surface area is 142 Å². The lowest BCUT2D eigenvalue weighted by atomic mass is 10.1. The summed E-state index contributed by atoms with van der Waals surface area (Å²) in [5.41, 5.74) is 0. The summed E-state index contributed by atoms with van der Waals surface area (Å²) in [7, 11) is 0. The van der Waals surface area contributed by atoms with Gasteiger partial charge in [-0.3, -0.25) is 0 Å². The summed E-state index contributed by atoms with van der Waals surface area (Å²) in [5, 5.41) is 3.79. The molecular formula is C12H2Cl6S. The summed E-state index contributed by atoms with van der Waals surface area (Å²) >= 11 is 38.1. The highest BCUT2D eigenvalue weighted by Gasteiger charge is 2.20. The molecule has 0 atom stereocenters. The van der Waals surface area contributed by atoms with Crippen molar-refractivity contribution in [2.24, 2.45) is 0 Å². The van der Waals surface area contributed by atoms with Crippen LogP contribution in [0.2, 0.25) is 30.1 Å². The van der Waals surface area contributed by atoms with Crippen LogP contribution >= 0.6 is 80.9 Å². The normalized spacial score (nSPS) is 11.7. The zero-order valence-corrected chi connectivity index (χ0v) is 14.2. The molecule has 1 aromatic heterocycles. The minimum Gasteiger partial charge on any atom is -0.133 e. The minimum atomic E-state index is 0.242. The molecule has 19 heavy (non-hydrogen) atoms. The first-order chi connectivity index (χ1) is 8.91. The molecule has 0 aliphatic heterocycles. The third-order valence-corrected chi connectivity index (χ3v) is 6.53. The number of hydrogen-bond acceptors (Lipinski definition) is 1. The molecule has 0 fully saturated rings. The maximum absolute atomic E-state index is 6.27. The van der Waals surface area contributed by atoms with Gasteiger partial charge < -0.3 is 0 Å². The van der Waals surface area contributed by atoms with Crippen LogP contribution in [0.15, 0.2) is 12.1 Å². The second-order valence-corrected chi connectivity index (χ2v) is 7.20. The fraction of sp³-hybridized carbons (Fsp3) is 0. The Hall–Kier alpha value is 0.400. The SMILES string of the molecule is Clc1cc2sc3c(Cl)c(Cl)c(Cl)c(Cl)c3c2cc1Cl. The molecule has 0 N–H and O–H groups in total. The van der Waals surface area contributed by atoms with E-state index >= 15 is 0 Å². The molecule has 2 aromatic carbocycles. The summed E-state index contributed by atoms with van der Waals surface area (Å²) in [6.45, 7) is 0. The molecule has 0 aliphatic carbocycles. The van der Waals surface area contributed by atoms with Crippen molar-refractivity contribution in [1.29, 1.82) is 0 Å². The monoisotopic (exact) mass is 388 g/mol. The van der Waals surface area contributed by atoms with E-state index in [-0.39, 0.29) is 10.0 Å². The van der Waals surface area contributed by atoms with Gasteiger partial charge in [0.25, 0.3) is 0 Å². The average Bonchev–Trinajstić information content (AvgIpc) is 2.73. The van der Waals surface area contributed by atoms with Crippen LogP contribution in [0.5, 0.6) is 0 Å². The predicted octanol–water partition coefficient (Wildman–Crippen LogP) is 7.97. The number of thiophene rings is 1. The van der Waals surface area contributed by atoms with Crippen molar-refractivity contribution >= 4 is 101 Å². The molecule has 0 radical (unpaired) electrons. The Bertz CT molecular complexity index is 836. The van der Waals surface area contributed by atoms with E-state index in [1.165, 1.54) is 11.3 Å². The third kappa shape index (κ3) is 2.11. The van der Waals surface area contributed by atoms with Gasteiger partial charge in [0, 0.05) is 15.5 Å². The van der Waals surface area contributed by atoms with Gasteiger partial charge in [0.1, 0.15) is 0 Å². The second-order valence-electron chi connectivity index (χ2n) is 3.82. The molecule has 0 spiro atoms. The van der Waals surface area contributed by atoms with Crippen molar-refractivity contribution in [1.82, 2.24) is 0 Å². The van der Waals surface area contributed by atoms with Crippen LogP contribution < -0.4 is 0 Å². The van der Waals surface area contributed by atoms with Gasteiger partial charge in [-0.15, -0.1) is 11.3 Å². The van der Waals surface area contributed by atoms with Crippen LogP contribution in [0.1, 0.15) is 0 Å². The number of hydrogen-bond donors (Lipinski definition) is 0. The van der Waals surface area contributed by atoms with E-state index in [9.17, 15) is 0 Å². The molecule has 0 amide bonds. The van der Waals surface area contributed by atoms with E-state index < -0.39 is 0 Å². The summed E-state index contributed by atoms with van der Waals surface area (Å²) in [6.07, 6.45) is 0. The van der Waals surface area contributed by atoms with Gasteiger partial charge in [0.05, 0.1) is 34.8 Å². The van der Waals surface area contributed by atoms with Gasteiger partial charge in [0.2, 0.25) is 0 Å². The van der Waals surface area contributed by atoms with Crippen LogP contribution in [0.3, 0.4) is 0 Å². The molecule has 0 bridgehead atoms. The van der Waals surface area contributed by atoms with Crippen LogP contribution in [0, 0.1) is 0 Å². The smallest absolute Gasteiger partial charge is 0.0808 e. The van der Waals surface area contributed by atoms with Crippen LogP contribution in [-0.4, -0.2) is 0 Å². The first kappa shape index (κ1) is 14.3. The average molecular weight is 391 g/mol. The Morgan fingerprint density at radius 3 is 1.95 bits per heavy atom. The van der Waals surface area contributed by atoms with Crippen molar-refractivity contribution in [2.75, 3.05) is 0 Å². The van der Waals surface area contributed by atoms with Gasteiger partial charge in [-0.1, -0.05) is 69.6 Å². The lowest BCUT2D eigenvalue weighted by molar-refractivity contribution is 1.82. The molecular weight excluding hydrogens is 389 g/mol. The fourth-order valence-electron chi connectivity index (χ4n) is 1.87. The quantitative estimate of drug-likeness (QED) is 0.269. The van der Waals surface area contributed by atoms with Gasteiger partial charge in [-0.2, -0.15) is 0 Å². The van der Waals surface area contributed by atoms with Crippen molar-refractivity contribution in [3.63, 3.8) is 0 Å². The summed E-state index contributed by atoms with van der Waals surface area (Å²) < 4.78 is 1.70. The zero-order chi connectivity index (χ0) is 13.9. The molecule has 1 heterocycles. The highest BCUT2D eigenvalue weighted by molar-refractivity contribution is 7.26. The van der Waals surface area contributed by atoms with Gasteiger partial charge in [0.15, 0.2) is 0 Å². The molecule has 0 nitrogen and oxygen atoms in total. The largest absolute Gasteiger partial charge is 0.133 e. The first-order valence-corrected chi connectivity index (χ1v) is 8.03. The highest BCUT2D eigenvalue weighted by atomic mass is 35.5. The molecule has 7 heteroatoms. The second kappa shape index (κ2) is 4.99. The van der Waals surface area contributed by atoms with Crippen molar-refractivity contribution in [2.45, 2.75) is 0 Å². The minimum absolute atomic E-state index is 0.242. The summed E-state index contributed by atoms with van der Waals surface area (Å²) in [5.74, 6) is 0.